The summed E-state index contributed by atoms with van der Waals surface area (Å²) >= 11 is 5.92. The van der Waals surface area contributed by atoms with Crippen LogP contribution < -0.4 is 10.1 Å². The lowest BCUT2D eigenvalue weighted by Crippen LogP contribution is -2.23. The number of nitrogens with one attached hydrogen (secondary N) is 1. The molecule has 0 aromatic heterocycles. The summed E-state index contributed by atoms with van der Waals surface area (Å²) in [7, 11) is 0. The zero-order valence-corrected chi connectivity index (χ0v) is 14.9. The molecule has 0 saturated carbocycles. The van der Waals surface area contributed by atoms with Gasteiger partial charge in [-0.15, -0.1) is 0 Å². The summed E-state index contributed by atoms with van der Waals surface area (Å²) in [6.07, 6.45) is 0. The predicted molar refractivity (Wildman–Crippen MR) is 96.6 cm³/mol. The first-order valence-electron chi connectivity index (χ1n) is 7.75. The third-order valence-corrected chi connectivity index (χ3v) is 3.93. The van der Waals surface area contributed by atoms with Crippen LogP contribution in [0.3, 0.4) is 0 Å². The van der Waals surface area contributed by atoms with E-state index in [1.165, 1.54) is 25.1 Å². The maximum Gasteiger partial charge on any atom is 0.271 e. The number of rotatable bonds is 7. The van der Waals surface area contributed by atoms with Gasteiger partial charge in [-0.2, -0.15) is 0 Å². The Labute approximate surface area is 155 Å². The lowest BCUT2D eigenvalue weighted by Gasteiger charge is -2.13. The highest BCUT2D eigenvalue weighted by atomic mass is 35.5. The molecule has 2 aromatic rings. The van der Waals surface area contributed by atoms with E-state index >= 15 is 0 Å². The number of hydrogen-bond acceptors (Lipinski definition) is 5. The molecule has 1 atom stereocenters. The quantitative estimate of drug-likeness (QED) is 0.451. The van der Waals surface area contributed by atoms with Crippen LogP contribution in [0.1, 0.15) is 35.8 Å². The van der Waals surface area contributed by atoms with E-state index in [0.29, 0.717) is 5.56 Å². The number of carbonyl (C=O) groups is 2. The number of ketones is 1. The molecule has 1 amide bonds. The Morgan fingerprint density at radius 3 is 2.42 bits per heavy atom. The summed E-state index contributed by atoms with van der Waals surface area (Å²) in [5, 5.41) is 13.5. The van der Waals surface area contributed by atoms with E-state index in [-0.39, 0.29) is 40.8 Å². The fraction of sp³-hybridized carbons (Fsp3) is 0.222. The summed E-state index contributed by atoms with van der Waals surface area (Å²) in [5.41, 5.74) is 1.16. The molecule has 8 heteroatoms. The second-order valence-electron chi connectivity index (χ2n) is 5.63. The van der Waals surface area contributed by atoms with E-state index in [9.17, 15) is 19.7 Å². The van der Waals surface area contributed by atoms with Gasteiger partial charge in [0.05, 0.1) is 16.0 Å². The van der Waals surface area contributed by atoms with E-state index in [1.54, 1.807) is 24.3 Å². The van der Waals surface area contributed by atoms with E-state index in [2.05, 4.69) is 5.32 Å². The van der Waals surface area contributed by atoms with Crippen LogP contribution in [0.25, 0.3) is 0 Å². The summed E-state index contributed by atoms with van der Waals surface area (Å²) in [6.45, 7) is 3.03. The van der Waals surface area contributed by atoms with Gasteiger partial charge in [0.25, 0.3) is 5.69 Å². The van der Waals surface area contributed by atoms with Crippen molar-refractivity contribution in [3.8, 4) is 5.75 Å². The Morgan fingerprint density at radius 1 is 1.23 bits per heavy atom. The molecule has 0 unspecified atom stereocenters. The molecule has 0 aliphatic rings. The van der Waals surface area contributed by atoms with E-state index < -0.39 is 4.92 Å². The Bertz CT molecular complexity index is 836. The molecular weight excluding hydrogens is 360 g/mol. The fourth-order valence-corrected chi connectivity index (χ4v) is 2.52. The standard InChI is InChI=1S/C18H17ClN2O5/c1-11(20-12(2)22)13-3-5-14(6-4-13)17(23)10-26-18-8-7-15(21(24)25)9-16(18)19/h3-9,11H,10H2,1-2H3,(H,20,22)/t11-/m0/s1. The highest BCUT2D eigenvalue weighted by molar-refractivity contribution is 6.32. The van der Waals surface area contributed by atoms with Gasteiger partial charge in [-0.1, -0.05) is 35.9 Å². The molecule has 2 aromatic carbocycles. The van der Waals surface area contributed by atoms with Crippen molar-refractivity contribution in [2.24, 2.45) is 0 Å². The van der Waals surface area contributed by atoms with Crippen LogP contribution in [0.2, 0.25) is 5.02 Å². The Morgan fingerprint density at radius 2 is 1.88 bits per heavy atom. The van der Waals surface area contributed by atoms with Crippen molar-refractivity contribution in [1.82, 2.24) is 5.32 Å². The number of carbonyl (C=O) groups excluding carboxylic acids is 2. The molecule has 136 valence electrons. The number of ether oxygens (including phenoxy) is 1. The summed E-state index contributed by atoms with van der Waals surface area (Å²) in [5.74, 6) is -0.203. The number of amides is 1. The van der Waals surface area contributed by atoms with Crippen LogP contribution in [0.15, 0.2) is 42.5 Å². The normalized spacial score (nSPS) is 11.5. The molecule has 26 heavy (non-hydrogen) atoms. The fourth-order valence-electron chi connectivity index (χ4n) is 2.29. The molecule has 7 nitrogen and oxygen atoms in total. The number of non-ortho nitro benzene ring substituents is 1. The lowest BCUT2D eigenvalue weighted by molar-refractivity contribution is -0.384. The number of hydrogen-bond donors (Lipinski definition) is 1. The SMILES string of the molecule is CC(=O)N[C@@H](C)c1ccc(C(=O)COc2ccc([N+](=O)[O-])cc2Cl)cc1. The minimum absolute atomic E-state index is 0.0616. The molecule has 2 rings (SSSR count). The van der Waals surface area contributed by atoms with Gasteiger partial charge in [0, 0.05) is 24.6 Å². The van der Waals surface area contributed by atoms with Crippen LogP contribution in [0.5, 0.6) is 5.75 Å². The van der Waals surface area contributed by atoms with Gasteiger partial charge >= 0.3 is 0 Å². The van der Waals surface area contributed by atoms with Crippen molar-refractivity contribution < 1.29 is 19.2 Å². The molecule has 1 N–H and O–H groups in total. The number of benzene rings is 2. The number of nitro groups is 1. The van der Waals surface area contributed by atoms with E-state index in [4.69, 9.17) is 16.3 Å². The molecule has 0 fully saturated rings. The second kappa shape index (κ2) is 8.44. The monoisotopic (exact) mass is 376 g/mol. The van der Waals surface area contributed by atoms with Crippen LogP contribution >= 0.6 is 11.6 Å². The van der Waals surface area contributed by atoms with E-state index in [1.807, 2.05) is 6.92 Å². The van der Waals surface area contributed by atoms with Gasteiger partial charge in [-0.05, 0) is 18.6 Å². The summed E-state index contributed by atoms with van der Waals surface area (Å²) < 4.78 is 5.36. The predicted octanol–water partition coefficient (Wildman–Crippen LogP) is 3.71. The third kappa shape index (κ3) is 5.03. The second-order valence-corrected chi connectivity index (χ2v) is 6.04. The van der Waals surface area contributed by atoms with Crippen LogP contribution in [0, 0.1) is 10.1 Å². The average molecular weight is 377 g/mol. The Hall–Kier alpha value is -2.93. The lowest BCUT2D eigenvalue weighted by atomic mass is 10.0. The van der Waals surface area contributed by atoms with Gasteiger partial charge in [0.1, 0.15) is 5.75 Å². The van der Waals surface area contributed by atoms with Gasteiger partial charge < -0.3 is 10.1 Å². The number of nitro benzene ring substituents is 1. The van der Waals surface area contributed by atoms with Crippen molar-refractivity contribution in [2.75, 3.05) is 6.61 Å². The Kier molecular flexibility index (Phi) is 6.30. The molecule has 0 saturated heterocycles. The first-order valence-corrected chi connectivity index (χ1v) is 8.12. The first-order chi connectivity index (χ1) is 12.3. The van der Waals surface area contributed by atoms with Crippen molar-refractivity contribution in [1.29, 1.82) is 0 Å². The van der Waals surface area contributed by atoms with Crippen LogP contribution in [0.4, 0.5) is 5.69 Å². The molecule has 0 radical (unpaired) electrons. The third-order valence-electron chi connectivity index (χ3n) is 3.64. The first kappa shape index (κ1) is 19.4. The number of nitrogens with zero attached hydrogens (tertiary/aromatic N) is 1. The maximum atomic E-state index is 12.2. The van der Waals surface area contributed by atoms with Crippen LogP contribution in [-0.2, 0) is 4.79 Å². The smallest absolute Gasteiger partial charge is 0.271 e. The van der Waals surface area contributed by atoms with Gasteiger partial charge in [0.2, 0.25) is 5.91 Å². The van der Waals surface area contributed by atoms with Gasteiger partial charge in [-0.25, -0.2) is 0 Å². The highest BCUT2D eigenvalue weighted by Crippen LogP contribution is 2.28. The van der Waals surface area contributed by atoms with Crippen molar-refractivity contribution in [3.05, 3.63) is 68.7 Å². The number of Topliss-reactive ketones (excluding diaryl/α,β-unsaturated/α-hetero) is 1. The number of halogens is 1. The van der Waals surface area contributed by atoms with Crippen molar-refractivity contribution in [3.63, 3.8) is 0 Å². The van der Waals surface area contributed by atoms with Crippen molar-refractivity contribution in [2.45, 2.75) is 19.9 Å². The molecule has 0 aliphatic carbocycles. The zero-order chi connectivity index (χ0) is 19.3. The van der Waals surface area contributed by atoms with Gasteiger partial charge in [-0.3, -0.25) is 19.7 Å². The molecule has 0 spiro atoms. The summed E-state index contributed by atoms with van der Waals surface area (Å²) in [6, 6.07) is 10.4. The van der Waals surface area contributed by atoms with Gasteiger partial charge in [0.15, 0.2) is 12.4 Å². The maximum absolute atomic E-state index is 12.2. The molecule has 0 heterocycles. The highest BCUT2D eigenvalue weighted by Gasteiger charge is 2.13. The molecule has 0 bridgehead atoms. The topological polar surface area (TPSA) is 98.5 Å². The van der Waals surface area contributed by atoms with Crippen molar-refractivity contribution >= 4 is 29.0 Å². The zero-order valence-electron chi connectivity index (χ0n) is 14.2. The van der Waals surface area contributed by atoms with Crippen LogP contribution in [-0.4, -0.2) is 23.2 Å². The minimum Gasteiger partial charge on any atom is -0.484 e. The largest absolute Gasteiger partial charge is 0.484 e. The minimum atomic E-state index is -0.565. The summed E-state index contributed by atoms with van der Waals surface area (Å²) in [4.78, 5) is 33.4. The molecular formula is C18H17ClN2O5. The average Bonchev–Trinajstić information content (AvgIpc) is 2.59. The van der Waals surface area contributed by atoms with E-state index in [0.717, 1.165) is 5.56 Å². The molecule has 0 aliphatic heterocycles. The Balaban J connectivity index is 2.00.